The van der Waals surface area contributed by atoms with Crippen molar-refractivity contribution >= 4 is 66.0 Å². The zero-order chi connectivity index (χ0) is 24.3. The molecule has 174 valence electrons. The summed E-state index contributed by atoms with van der Waals surface area (Å²) in [5, 5.41) is 10.4. The highest BCUT2D eigenvalue weighted by atomic mass is 16.3. The van der Waals surface area contributed by atoms with E-state index in [1.807, 2.05) is 30.3 Å². The Morgan fingerprint density at radius 1 is 0.432 bits per heavy atom. The molecular weight excluding hydrogens is 454 g/mol. The van der Waals surface area contributed by atoms with E-state index in [0.29, 0.717) is 0 Å². The predicted molar refractivity (Wildman–Crippen MR) is 154 cm³/mol. The molecule has 0 spiro atoms. The Labute approximate surface area is 212 Å². The number of hydrogen-bond donors (Lipinski definition) is 1. The van der Waals surface area contributed by atoms with Gasteiger partial charge >= 0.3 is 0 Å². The second-order valence-electron chi connectivity index (χ2n) is 9.43. The van der Waals surface area contributed by atoms with Gasteiger partial charge in [0.25, 0.3) is 0 Å². The molecule has 37 heavy (non-hydrogen) atoms. The molecule has 0 aliphatic heterocycles. The number of fused-ring (bicyclic) bond motifs is 8. The molecule has 0 saturated carbocycles. The molecule has 0 fully saturated rings. The average molecular weight is 476 g/mol. The summed E-state index contributed by atoms with van der Waals surface area (Å²) in [5.41, 5.74) is 7.89. The van der Waals surface area contributed by atoms with E-state index in [2.05, 4.69) is 96.3 Å². The lowest BCUT2D eigenvalue weighted by Gasteiger charge is -2.10. The van der Waals surface area contributed by atoms with E-state index < -0.39 is 0 Å². The second-order valence-corrected chi connectivity index (χ2v) is 9.43. The molecule has 0 aliphatic carbocycles. The molecule has 0 saturated heterocycles. The monoisotopic (exact) mass is 475 g/mol. The van der Waals surface area contributed by atoms with E-state index in [-0.39, 0.29) is 0 Å². The van der Waals surface area contributed by atoms with Gasteiger partial charge in [0.1, 0.15) is 22.3 Å². The van der Waals surface area contributed by atoms with Gasteiger partial charge in [0.05, 0.1) is 22.1 Å². The number of benzene rings is 6. The van der Waals surface area contributed by atoms with Crippen molar-refractivity contribution in [2.45, 2.75) is 0 Å². The van der Waals surface area contributed by atoms with Crippen LogP contribution in [0.2, 0.25) is 0 Å². The Hall–Kier alpha value is -5.02. The van der Waals surface area contributed by atoms with Gasteiger partial charge in [-0.15, -0.1) is 0 Å². The van der Waals surface area contributed by atoms with Crippen LogP contribution in [0.5, 0.6) is 0 Å². The first kappa shape index (κ1) is 20.2. The highest BCUT2D eigenvalue weighted by Crippen LogP contribution is 2.41. The fraction of sp³-hybridized carbons (Fsp3) is 0. The molecule has 0 radical (unpaired) electrons. The fourth-order valence-electron chi connectivity index (χ4n) is 5.54. The molecular formula is C34H21NO2. The average Bonchev–Trinajstić information content (AvgIpc) is 3.53. The van der Waals surface area contributed by atoms with Crippen molar-refractivity contribution in [2.24, 2.45) is 0 Å². The molecule has 0 atom stereocenters. The van der Waals surface area contributed by atoms with Crippen LogP contribution < -0.4 is 5.32 Å². The van der Waals surface area contributed by atoms with Crippen LogP contribution >= 0.6 is 0 Å². The van der Waals surface area contributed by atoms with Crippen LogP contribution in [0.3, 0.4) is 0 Å². The topological polar surface area (TPSA) is 38.3 Å². The molecule has 2 heterocycles. The summed E-state index contributed by atoms with van der Waals surface area (Å²) >= 11 is 0. The van der Waals surface area contributed by atoms with E-state index in [1.54, 1.807) is 0 Å². The van der Waals surface area contributed by atoms with Crippen LogP contribution in [-0.2, 0) is 0 Å². The summed E-state index contributed by atoms with van der Waals surface area (Å²) in [6.07, 6.45) is 0. The number of anilines is 2. The summed E-state index contributed by atoms with van der Waals surface area (Å²) < 4.78 is 12.6. The molecule has 6 aromatic carbocycles. The number of furan rings is 2. The van der Waals surface area contributed by atoms with Crippen molar-refractivity contribution in [2.75, 3.05) is 5.32 Å². The molecule has 8 aromatic rings. The van der Waals surface area contributed by atoms with Gasteiger partial charge in [-0.1, -0.05) is 78.9 Å². The van der Waals surface area contributed by atoms with Crippen LogP contribution in [-0.4, -0.2) is 0 Å². The molecule has 0 amide bonds. The van der Waals surface area contributed by atoms with Gasteiger partial charge in [0, 0.05) is 16.2 Å². The zero-order valence-electron chi connectivity index (χ0n) is 19.9. The van der Waals surface area contributed by atoms with Crippen molar-refractivity contribution in [3.63, 3.8) is 0 Å². The van der Waals surface area contributed by atoms with Crippen molar-refractivity contribution in [1.82, 2.24) is 0 Å². The van der Waals surface area contributed by atoms with E-state index in [1.165, 1.54) is 16.5 Å². The Bertz CT molecular complexity index is 2120. The highest BCUT2D eigenvalue weighted by molar-refractivity contribution is 6.20. The van der Waals surface area contributed by atoms with E-state index in [4.69, 9.17) is 8.83 Å². The molecule has 2 aromatic heterocycles. The van der Waals surface area contributed by atoms with Gasteiger partial charge in [-0.2, -0.15) is 0 Å². The van der Waals surface area contributed by atoms with Crippen LogP contribution in [0, 0.1) is 0 Å². The van der Waals surface area contributed by atoms with Crippen LogP contribution in [0.1, 0.15) is 0 Å². The van der Waals surface area contributed by atoms with Crippen LogP contribution in [0.4, 0.5) is 11.4 Å². The molecule has 3 nitrogen and oxygen atoms in total. The lowest BCUT2D eigenvalue weighted by atomic mass is 10.0. The lowest BCUT2D eigenvalue weighted by Crippen LogP contribution is -1.91. The Balaban J connectivity index is 1.34. The van der Waals surface area contributed by atoms with E-state index in [0.717, 1.165) is 60.6 Å². The first-order chi connectivity index (χ1) is 18.3. The quantitative estimate of drug-likeness (QED) is 0.276. The Kier molecular flexibility index (Phi) is 4.23. The predicted octanol–water partition coefficient (Wildman–Crippen LogP) is 10.0. The highest BCUT2D eigenvalue weighted by Gasteiger charge is 2.16. The summed E-state index contributed by atoms with van der Waals surface area (Å²) in [6, 6.07) is 41.9. The number of rotatable bonds is 3. The third-order valence-electron chi connectivity index (χ3n) is 7.26. The molecule has 0 aliphatic rings. The van der Waals surface area contributed by atoms with Gasteiger partial charge in [-0.25, -0.2) is 0 Å². The van der Waals surface area contributed by atoms with Crippen LogP contribution in [0.15, 0.2) is 130 Å². The second kappa shape index (κ2) is 7.74. The number of nitrogens with one attached hydrogen (secondary N) is 1. The van der Waals surface area contributed by atoms with Crippen LogP contribution in [0.25, 0.3) is 65.8 Å². The third-order valence-corrected chi connectivity index (χ3v) is 7.26. The summed E-state index contributed by atoms with van der Waals surface area (Å²) in [4.78, 5) is 0. The molecule has 0 bridgehead atoms. The third kappa shape index (κ3) is 3.08. The van der Waals surface area contributed by atoms with Gasteiger partial charge in [-0.3, -0.25) is 0 Å². The first-order valence-corrected chi connectivity index (χ1v) is 12.4. The van der Waals surface area contributed by atoms with Gasteiger partial charge in [-0.05, 0) is 59.0 Å². The van der Waals surface area contributed by atoms with E-state index >= 15 is 0 Å². The minimum absolute atomic E-state index is 0.862. The largest absolute Gasteiger partial charge is 0.456 e. The number of hydrogen-bond acceptors (Lipinski definition) is 3. The van der Waals surface area contributed by atoms with Gasteiger partial charge in [0.15, 0.2) is 0 Å². The normalized spacial score (nSPS) is 11.8. The Morgan fingerprint density at radius 2 is 1.16 bits per heavy atom. The maximum Gasteiger partial charge on any atom is 0.143 e. The Morgan fingerprint density at radius 3 is 2.00 bits per heavy atom. The minimum Gasteiger partial charge on any atom is -0.456 e. The molecule has 1 N–H and O–H groups in total. The SMILES string of the molecule is c1ccc(-c2ccc3oc4cccc(Nc5cccc6oc7c8ccccc8ccc7c56)c4c3c2)cc1. The maximum atomic E-state index is 6.39. The zero-order valence-corrected chi connectivity index (χ0v) is 19.9. The fourth-order valence-corrected chi connectivity index (χ4v) is 5.54. The summed E-state index contributed by atoms with van der Waals surface area (Å²) in [6.45, 7) is 0. The first-order valence-electron chi connectivity index (χ1n) is 12.4. The van der Waals surface area contributed by atoms with Gasteiger partial charge < -0.3 is 14.2 Å². The van der Waals surface area contributed by atoms with Crippen molar-refractivity contribution < 1.29 is 8.83 Å². The van der Waals surface area contributed by atoms with Crippen molar-refractivity contribution in [3.8, 4) is 11.1 Å². The smallest absolute Gasteiger partial charge is 0.143 e. The molecule has 3 heteroatoms. The molecule has 0 unspecified atom stereocenters. The minimum atomic E-state index is 0.862. The van der Waals surface area contributed by atoms with E-state index in [9.17, 15) is 0 Å². The van der Waals surface area contributed by atoms with Gasteiger partial charge in [0.2, 0.25) is 0 Å². The lowest BCUT2D eigenvalue weighted by molar-refractivity contribution is 0.669. The maximum absolute atomic E-state index is 6.39. The summed E-state index contributed by atoms with van der Waals surface area (Å²) in [5.74, 6) is 0. The van der Waals surface area contributed by atoms with Crippen molar-refractivity contribution in [1.29, 1.82) is 0 Å². The standard InChI is InChI=1S/C34H21NO2/c1-2-8-21(9-3-1)23-17-19-29-26(20-23)33-28(13-6-14-30(33)36-29)35-27-12-7-15-31-32(27)25-18-16-22-10-4-5-11-24(22)34(25)37-31/h1-20,35H. The van der Waals surface area contributed by atoms with Crippen molar-refractivity contribution in [3.05, 3.63) is 121 Å². The summed E-state index contributed by atoms with van der Waals surface area (Å²) in [7, 11) is 0. The molecule has 8 rings (SSSR count).